The predicted octanol–water partition coefficient (Wildman–Crippen LogP) is 0.104. The number of carbonyl (C=O) groups excluding carboxylic acids is 1. The standard InChI is InChI=1S/C8H10N4O.ClH/c9-6-3-1-5(2-4-6)7(13)12-8(10)11;/h1-4H,9H2,(H4,10,11,12,13);1H. The Morgan fingerprint density at radius 2 is 1.64 bits per heavy atom. The first-order chi connectivity index (χ1) is 6.09. The normalized spacial score (nSPS) is 8.57. The molecule has 0 aliphatic rings. The van der Waals surface area contributed by atoms with E-state index in [2.05, 4.69) is 4.99 Å². The maximum atomic E-state index is 11.2. The number of aliphatic imine (C=N–C) groups is 1. The van der Waals surface area contributed by atoms with Gasteiger partial charge in [0.05, 0.1) is 0 Å². The summed E-state index contributed by atoms with van der Waals surface area (Å²) in [5.74, 6) is -0.721. The molecule has 0 saturated carbocycles. The molecule has 76 valence electrons. The van der Waals surface area contributed by atoms with Crippen LogP contribution < -0.4 is 17.2 Å². The SMILES string of the molecule is Cl.NC(N)=NC(=O)c1ccc(N)cc1. The summed E-state index contributed by atoms with van der Waals surface area (Å²) in [5, 5.41) is 0. The van der Waals surface area contributed by atoms with Crippen LogP contribution in [-0.4, -0.2) is 11.9 Å². The Morgan fingerprint density at radius 3 is 2.07 bits per heavy atom. The van der Waals surface area contributed by atoms with E-state index in [1.165, 1.54) is 0 Å². The number of carbonyl (C=O) groups is 1. The van der Waals surface area contributed by atoms with E-state index in [0.717, 1.165) is 0 Å². The molecule has 14 heavy (non-hydrogen) atoms. The molecule has 6 N–H and O–H groups in total. The van der Waals surface area contributed by atoms with Crippen molar-refractivity contribution in [1.82, 2.24) is 0 Å². The molecule has 0 aromatic heterocycles. The van der Waals surface area contributed by atoms with E-state index in [4.69, 9.17) is 17.2 Å². The number of nitrogen functional groups attached to an aromatic ring is 1. The monoisotopic (exact) mass is 214 g/mol. The first-order valence-electron chi connectivity index (χ1n) is 3.59. The van der Waals surface area contributed by atoms with Crippen LogP contribution in [0.3, 0.4) is 0 Å². The third kappa shape index (κ3) is 3.32. The second-order valence-electron chi connectivity index (χ2n) is 2.46. The summed E-state index contributed by atoms with van der Waals surface area (Å²) in [6.45, 7) is 0. The molecule has 0 unspecified atom stereocenters. The van der Waals surface area contributed by atoms with Crippen molar-refractivity contribution in [2.24, 2.45) is 16.5 Å². The lowest BCUT2D eigenvalue weighted by molar-refractivity contribution is 0.100. The van der Waals surface area contributed by atoms with E-state index in [-0.39, 0.29) is 18.4 Å². The minimum atomic E-state index is -0.472. The van der Waals surface area contributed by atoms with Gasteiger partial charge in [-0.25, -0.2) is 0 Å². The summed E-state index contributed by atoms with van der Waals surface area (Å²) in [4.78, 5) is 14.5. The summed E-state index contributed by atoms with van der Waals surface area (Å²) in [6, 6.07) is 6.33. The van der Waals surface area contributed by atoms with Gasteiger partial charge in [-0.05, 0) is 24.3 Å². The van der Waals surface area contributed by atoms with Crippen molar-refractivity contribution in [2.75, 3.05) is 5.73 Å². The third-order valence-electron chi connectivity index (χ3n) is 1.39. The maximum absolute atomic E-state index is 11.2. The van der Waals surface area contributed by atoms with Crippen LogP contribution in [0.5, 0.6) is 0 Å². The minimum absolute atomic E-state index is 0. The van der Waals surface area contributed by atoms with Gasteiger partial charge >= 0.3 is 0 Å². The Bertz CT molecular complexity index is 343. The lowest BCUT2D eigenvalue weighted by atomic mass is 10.2. The summed E-state index contributed by atoms with van der Waals surface area (Å²) < 4.78 is 0. The van der Waals surface area contributed by atoms with E-state index in [1.807, 2.05) is 0 Å². The molecule has 0 fully saturated rings. The minimum Gasteiger partial charge on any atom is -0.399 e. The average molecular weight is 215 g/mol. The number of nitrogens with zero attached hydrogens (tertiary/aromatic N) is 1. The highest BCUT2D eigenvalue weighted by Crippen LogP contribution is 2.06. The van der Waals surface area contributed by atoms with Gasteiger partial charge in [-0.2, -0.15) is 4.99 Å². The molecule has 1 amide bonds. The van der Waals surface area contributed by atoms with Crippen LogP contribution >= 0.6 is 12.4 Å². The maximum Gasteiger partial charge on any atom is 0.280 e. The van der Waals surface area contributed by atoms with Crippen molar-refractivity contribution in [3.8, 4) is 0 Å². The van der Waals surface area contributed by atoms with Crippen LogP contribution in [0.4, 0.5) is 5.69 Å². The molecule has 1 rings (SSSR count). The van der Waals surface area contributed by atoms with Crippen molar-refractivity contribution in [2.45, 2.75) is 0 Å². The summed E-state index contributed by atoms with van der Waals surface area (Å²) in [7, 11) is 0. The largest absolute Gasteiger partial charge is 0.399 e. The van der Waals surface area contributed by atoms with Gasteiger partial charge in [-0.3, -0.25) is 4.79 Å². The molecule has 0 spiro atoms. The molecule has 0 bridgehead atoms. The smallest absolute Gasteiger partial charge is 0.280 e. The van der Waals surface area contributed by atoms with Crippen molar-refractivity contribution < 1.29 is 4.79 Å². The number of anilines is 1. The Balaban J connectivity index is 0.00000169. The highest BCUT2D eigenvalue weighted by atomic mass is 35.5. The first-order valence-corrected chi connectivity index (χ1v) is 3.59. The topological polar surface area (TPSA) is 107 Å². The second kappa shape index (κ2) is 5.08. The average Bonchev–Trinajstić information content (AvgIpc) is 2.04. The molecule has 1 aromatic rings. The Kier molecular flexibility index (Phi) is 4.45. The fourth-order valence-corrected chi connectivity index (χ4v) is 0.808. The Labute approximate surface area is 87.4 Å². The van der Waals surface area contributed by atoms with Gasteiger partial charge in [-0.1, -0.05) is 0 Å². The number of guanidine groups is 1. The van der Waals surface area contributed by atoms with E-state index in [9.17, 15) is 4.79 Å². The lowest BCUT2D eigenvalue weighted by Gasteiger charge is -1.96. The number of amides is 1. The first kappa shape index (κ1) is 12.2. The van der Waals surface area contributed by atoms with Crippen LogP contribution in [0.15, 0.2) is 29.3 Å². The number of hydrogen-bond acceptors (Lipinski definition) is 2. The zero-order valence-corrected chi connectivity index (χ0v) is 8.12. The van der Waals surface area contributed by atoms with Crippen molar-refractivity contribution in [3.05, 3.63) is 29.8 Å². The molecule has 0 radical (unpaired) electrons. The van der Waals surface area contributed by atoms with Gasteiger partial charge in [0, 0.05) is 11.3 Å². The fraction of sp³-hybridized carbons (Fsp3) is 0. The van der Waals surface area contributed by atoms with Gasteiger partial charge in [0.1, 0.15) is 0 Å². The van der Waals surface area contributed by atoms with E-state index < -0.39 is 5.91 Å². The zero-order valence-electron chi connectivity index (χ0n) is 7.31. The Hall–Kier alpha value is -1.75. The van der Waals surface area contributed by atoms with Gasteiger partial charge < -0.3 is 17.2 Å². The van der Waals surface area contributed by atoms with Crippen LogP contribution in [-0.2, 0) is 0 Å². The summed E-state index contributed by atoms with van der Waals surface area (Å²) in [5.41, 5.74) is 16.5. The Morgan fingerprint density at radius 1 is 1.14 bits per heavy atom. The molecule has 0 atom stereocenters. The van der Waals surface area contributed by atoms with Gasteiger partial charge in [0.2, 0.25) is 0 Å². The van der Waals surface area contributed by atoms with Crippen LogP contribution in [0.2, 0.25) is 0 Å². The molecule has 5 nitrogen and oxygen atoms in total. The highest BCUT2D eigenvalue weighted by molar-refractivity contribution is 6.01. The number of hydrogen-bond donors (Lipinski definition) is 3. The molecule has 0 aliphatic carbocycles. The number of rotatable bonds is 1. The molecule has 0 heterocycles. The third-order valence-corrected chi connectivity index (χ3v) is 1.39. The van der Waals surface area contributed by atoms with E-state index >= 15 is 0 Å². The summed E-state index contributed by atoms with van der Waals surface area (Å²) in [6.07, 6.45) is 0. The van der Waals surface area contributed by atoms with Crippen LogP contribution in [0.25, 0.3) is 0 Å². The van der Waals surface area contributed by atoms with E-state index in [0.29, 0.717) is 11.3 Å². The van der Waals surface area contributed by atoms with Gasteiger partial charge in [0.15, 0.2) is 5.96 Å². The number of halogens is 1. The van der Waals surface area contributed by atoms with Crippen LogP contribution in [0.1, 0.15) is 10.4 Å². The summed E-state index contributed by atoms with van der Waals surface area (Å²) >= 11 is 0. The van der Waals surface area contributed by atoms with Gasteiger partial charge in [0.25, 0.3) is 5.91 Å². The molecule has 0 saturated heterocycles. The molecular weight excluding hydrogens is 204 g/mol. The molecule has 0 aliphatic heterocycles. The highest BCUT2D eigenvalue weighted by Gasteiger charge is 2.02. The fourth-order valence-electron chi connectivity index (χ4n) is 0.808. The number of benzene rings is 1. The molecule has 6 heteroatoms. The quantitative estimate of drug-likeness (QED) is 0.350. The lowest BCUT2D eigenvalue weighted by Crippen LogP contribution is -2.24. The number of nitrogens with two attached hydrogens (primary N) is 3. The van der Waals surface area contributed by atoms with E-state index in [1.54, 1.807) is 24.3 Å². The van der Waals surface area contributed by atoms with Crippen molar-refractivity contribution in [3.63, 3.8) is 0 Å². The van der Waals surface area contributed by atoms with Crippen molar-refractivity contribution >= 4 is 30.0 Å². The van der Waals surface area contributed by atoms with Crippen LogP contribution in [0, 0.1) is 0 Å². The van der Waals surface area contributed by atoms with Gasteiger partial charge in [-0.15, -0.1) is 12.4 Å². The molecule has 1 aromatic carbocycles. The predicted molar refractivity (Wildman–Crippen MR) is 58.2 cm³/mol. The zero-order chi connectivity index (χ0) is 9.84. The second-order valence-corrected chi connectivity index (χ2v) is 2.46. The van der Waals surface area contributed by atoms with Crippen molar-refractivity contribution in [1.29, 1.82) is 0 Å². The molecular formula is C8H11ClN4O.